The van der Waals surface area contributed by atoms with Gasteiger partial charge in [-0.05, 0) is 64.7 Å². The van der Waals surface area contributed by atoms with Gasteiger partial charge in [-0.1, -0.05) is 6.07 Å². The molecular formula is C20H30N4O2. The van der Waals surface area contributed by atoms with Crippen molar-refractivity contribution >= 4 is 17.6 Å². The summed E-state index contributed by atoms with van der Waals surface area (Å²) in [6.07, 6.45) is 4.66. The molecule has 1 saturated heterocycles. The lowest BCUT2D eigenvalue weighted by molar-refractivity contribution is 0.0919. The van der Waals surface area contributed by atoms with Crippen molar-refractivity contribution in [1.29, 1.82) is 0 Å². The van der Waals surface area contributed by atoms with Crippen LogP contribution < -0.4 is 16.0 Å². The molecule has 1 aliphatic heterocycles. The van der Waals surface area contributed by atoms with Gasteiger partial charge in [-0.15, -0.1) is 0 Å². The SMILES string of the molecule is CC(C)(C)NC(=O)c1cccc(NC(=O)NC2CCN(C3CC3)CC2)c1. The zero-order chi connectivity index (χ0) is 18.7. The minimum Gasteiger partial charge on any atom is -0.347 e. The van der Waals surface area contributed by atoms with Crippen molar-refractivity contribution < 1.29 is 9.59 Å². The Kier molecular flexibility index (Phi) is 5.51. The molecule has 1 aromatic carbocycles. The van der Waals surface area contributed by atoms with E-state index in [4.69, 9.17) is 0 Å². The van der Waals surface area contributed by atoms with E-state index >= 15 is 0 Å². The average Bonchev–Trinajstić information content (AvgIpc) is 3.39. The Balaban J connectivity index is 1.49. The maximum atomic E-state index is 12.3. The van der Waals surface area contributed by atoms with E-state index in [2.05, 4.69) is 20.9 Å². The van der Waals surface area contributed by atoms with Crippen LogP contribution >= 0.6 is 0 Å². The lowest BCUT2D eigenvalue weighted by Gasteiger charge is -2.32. The Bertz CT molecular complexity index is 656. The van der Waals surface area contributed by atoms with Crippen molar-refractivity contribution in [3.63, 3.8) is 0 Å². The summed E-state index contributed by atoms with van der Waals surface area (Å²) in [6.45, 7) is 7.95. The van der Waals surface area contributed by atoms with E-state index in [1.807, 2.05) is 20.8 Å². The van der Waals surface area contributed by atoms with Crippen molar-refractivity contribution in [2.24, 2.45) is 0 Å². The molecule has 0 radical (unpaired) electrons. The Morgan fingerprint density at radius 3 is 2.38 bits per heavy atom. The molecule has 0 aromatic heterocycles. The average molecular weight is 358 g/mol. The monoisotopic (exact) mass is 358 g/mol. The van der Waals surface area contributed by atoms with Crippen LogP contribution in [0.25, 0.3) is 0 Å². The van der Waals surface area contributed by atoms with Gasteiger partial charge in [-0.3, -0.25) is 4.79 Å². The first kappa shape index (κ1) is 18.7. The Morgan fingerprint density at radius 2 is 1.77 bits per heavy atom. The smallest absolute Gasteiger partial charge is 0.319 e. The fourth-order valence-electron chi connectivity index (χ4n) is 3.35. The van der Waals surface area contributed by atoms with Gasteiger partial charge in [0.1, 0.15) is 0 Å². The van der Waals surface area contributed by atoms with Crippen molar-refractivity contribution in [3.05, 3.63) is 29.8 Å². The summed E-state index contributed by atoms with van der Waals surface area (Å²) in [6, 6.07) is 7.84. The number of carbonyl (C=O) groups excluding carboxylic acids is 2. The highest BCUT2D eigenvalue weighted by atomic mass is 16.2. The molecule has 6 nitrogen and oxygen atoms in total. The summed E-state index contributed by atoms with van der Waals surface area (Å²) in [4.78, 5) is 27.1. The Labute approximate surface area is 155 Å². The molecule has 1 aromatic rings. The van der Waals surface area contributed by atoms with Crippen molar-refractivity contribution in [3.8, 4) is 0 Å². The standard InChI is InChI=1S/C20H30N4O2/c1-20(2,3)23-18(25)14-5-4-6-16(13-14)22-19(26)21-15-9-11-24(12-10-15)17-7-8-17/h4-6,13,15,17H,7-12H2,1-3H3,(H,23,25)(H2,21,22,26). The number of carbonyl (C=O) groups is 2. The number of amides is 3. The number of urea groups is 1. The summed E-state index contributed by atoms with van der Waals surface area (Å²) >= 11 is 0. The molecule has 0 atom stereocenters. The van der Waals surface area contributed by atoms with Crippen LogP contribution in [0.4, 0.5) is 10.5 Å². The Hall–Kier alpha value is -2.08. The van der Waals surface area contributed by atoms with Crippen molar-refractivity contribution in [1.82, 2.24) is 15.5 Å². The molecule has 3 rings (SSSR count). The number of benzene rings is 1. The van der Waals surface area contributed by atoms with Crippen LogP contribution in [-0.2, 0) is 0 Å². The van der Waals surface area contributed by atoms with Crippen molar-refractivity contribution in [2.75, 3.05) is 18.4 Å². The van der Waals surface area contributed by atoms with Crippen LogP contribution in [0.5, 0.6) is 0 Å². The van der Waals surface area contributed by atoms with Gasteiger partial charge in [-0.2, -0.15) is 0 Å². The van der Waals surface area contributed by atoms with Gasteiger partial charge in [-0.25, -0.2) is 4.79 Å². The molecule has 0 spiro atoms. The van der Waals surface area contributed by atoms with Crippen LogP contribution in [0.1, 0.15) is 56.8 Å². The van der Waals surface area contributed by atoms with E-state index in [-0.39, 0.29) is 23.5 Å². The number of nitrogens with one attached hydrogen (secondary N) is 3. The van der Waals surface area contributed by atoms with Gasteiger partial charge in [0.05, 0.1) is 0 Å². The highest BCUT2D eigenvalue weighted by Gasteiger charge is 2.32. The summed E-state index contributed by atoms with van der Waals surface area (Å²) in [5, 5.41) is 8.83. The number of anilines is 1. The van der Waals surface area contributed by atoms with Gasteiger partial charge >= 0.3 is 6.03 Å². The molecule has 1 saturated carbocycles. The van der Waals surface area contributed by atoms with E-state index in [1.54, 1.807) is 24.3 Å². The normalized spacial score (nSPS) is 19.0. The topological polar surface area (TPSA) is 73.5 Å². The summed E-state index contributed by atoms with van der Waals surface area (Å²) in [5.41, 5.74) is 0.864. The fraction of sp³-hybridized carbons (Fsp3) is 0.600. The number of hydrogen-bond donors (Lipinski definition) is 3. The van der Waals surface area contributed by atoms with Crippen LogP contribution in [0, 0.1) is 0 Å². The van der Waals surface area contributed by atoms with Gasteiger partial charge in [0.25, 0.3) is 5.91 Å². The molecule has 2 aliphatic rings. The number of piperidine rings is 1. The van der Waals surface area contributed by atoms with Crippen LogP contribution in [0.2, 0.25) is 0 Å². The van der Waals surface area contributed by atoms with Gasteiger partial charge in [0.2, 0.25) is 0 Å². The number of nitrogens with zero attached hydrogens (tertiary/aromatic N) is 1. The van der Waals surface area contributed by atoms with Crippen LogP contribution in [0.3, 0.4) is 0 Å². The maximum absolute atomic E-state index is 12.3. The summed E-state index contributed by atoms with van der Waals surface area (Å²) in [5.74, 6) is -0.144. The molecule has 142 valence electrons. The quantitative estimate of drug-likeness (QED) is 0.775. The molecule has 26 heavy (non-hydrogen) atoms. The summed E-state index contributed by atoms with van der Waals surface area (Å²) in [7, 11) is 0. The fourth-order valence-corrected chi connectivity index (χ4v) is 3.35. The highest BCUT2D eigenvalue weighted by molar-refractivity contribution is 5.97. The molecule has 0 bridgehead atoms. The minimum absolute atomic E-state index is 0.144. The largest absolute Gasteiger partial charge is 0.347 e. The molecular weight excluding hydrogens is 328 g/mol. The van der Waals surface area contributed by atoms with E-state index in [1.165, 1.54) is 12.8 Å². The van der Waals surface area contributed by atoms with Gasteiger partial charge < -0.3 is 20.9 Å². The lowest BCUT2D eigenvalue weighted by Crippen LogP contribution is -2.46. The molecule has 6 heteroatoms. The Morgan fingerprint density at radius 1 is 1.08 bits per heavy atom. The predicted octanol–water partition coefficient (Wildman–Crippen LogP) is 2.96. The summed E-state index contributed by atoms with van der Waals surface area (Å²) < 4.78 is 0. The number of hydrogen-bond acceptors (Lipinski definition) is 3. The zero-order valence-electron chi connectivity index (χ0n) is 16.0. The molecule has 3 amide bonds. The van der Waals surface area contributed by atoms with Gasteiger partial charge in [0.15, 0.2) is 0 Å². The second kappa shape index (κ2) is 7.66. The van der Waals surface area contributed by atoms with E-state index in [0.29, 0.717) is 11.3 Å². The molecule has 1 heterocycles. The zero-order valence-corrected chi connectivity index (χ0v) is 16.0. The van der Waals surface area contributed by atoms with E-state index in [0.717, 1.165) is 32.0 Å². The van der Waals surface area contributed by atoms with Crippen LogP contribution in [0.15, 0.2) is 24.3 Å². The maximum Gasteiger partial charge on any atom is 0.319 e. The van der Waals surface area contributed by atoms with E-state index in [9.17, 15) is 9.59 Å². The third-order valence-electron chi connectivity index (χ3n) is 4.80. The van der Waals surface area contributed by atoms with Crippen LogP contribution in [-0.4, -0.2) is 47.6 Å². The molecule has 3 N–H and O–H groups in total. The third kappa shape index (κ3) is 5.46. The second-order valence-electron chi connectivity index (χ2n) is 8.42. The first-order valence-electron chi connectivity index (χ1n) is 9.54. The minimum atomic E-state index is -0.298. The number of rotatable bonds is 4. The highest BCUT2D eigenvalue weighted by Crippen LogP contribution is 2.29. The first-order chi connectivity index (χ1) is 12.3. The number of likely N-dealkylation sites (tertiary alicyclic amines) is 1. The molecule has 1 aliphatic carbocycles. The first-order valence-corrected chi connectivity index (χ1v) is 9.54. The molecule has 2 fully saturated rings. The predicted molar refractivity (Wildman–Crippen MR) is 103 cm³/mol. The van der Waals surface area contributed by atoms with E-state index < -0.39 is 0 Å². The molecule has 0 unspecified atom stereocenters. The van der Waals surface area contributed by atoms with Crippen molar-refractivity contribution in [2.45, 2.75) is 64.1 Å². The second-order valence-corrected chi connectivity index (χ2v) is 8.42. The third-order valence-corrected chi connectivity index (χ3v) is 4.80. The van der Waals surface area contributed by atoms with Gasteiger partial charge in [0, 0.05) is 42.0 Å². The lowest BCUT2D eigenvalue weighted by atomic mass is 10.1.